The van der Waals surface area contributed by atoms with E-state index in [-0.39, 0.29) is 23.7 Å². The van der Waals surface area contributed by atoms with Crippen molar-refractivity contribution < 1.29 is 14.7 Å². The molecular formula is C11H9BrN4O3. The summed E-state index contributed by atoms with van der Waals surface area (Å²) in [6.45, 7) is -0.0413. The van der Waals surface area contributed by atoms with E-state index in [0.717, 1.165) is 0 Å². The number of carbonyl (C=O) groups excluding carboxylic acids is 1. The minimum Gasteiger partial charge on any atom is -0.478 e. The number of benzene rings is 1. The average Bonchev–Trinajstić information content (AvgIpc) is 2.84. The predicted octanol–water partition coefficient (Wildman–Crippen LogP) is 1.38. The molecule has 0 fully saturated rings. The van der Waals surface area contributed by atoms with Gasteiger partial charge in [-0.1, -0.05) is 6.07 Å². The Hall–Kier alpha value is -2.22. The van der Waals surface area contributed by atoms with Gasteiger partial charge in [0.2, 0.25) is 5.91 Å². The van der Waals surface area contributed by atoms with Crippen LogP contribution in [-0.4, -0.2) is 31.7 Å². The van der Waals surface area contributed by atoms with Crippen LogP contribution in [0.3, 0.4) is 0 Å². The molecule has 1 amide bonds. The fraction of sp³-hybridized carbons (Fsp3) is 0.0909. The number of halogens is 1. The lowest BCUT2D eigenvalue weighted by atomic mass is 10.2. The van der Waals surface area contributed by atoms with Gasteiger partial charge in [0, 0.05) is 4.47 Å². The fourth-order valence-electron chi connectivity index (χ4n) is 1.47. The average molecular weight is 325 g/mol. The van der Waals surface area contributed by atoms with Gasteiger partial charge in [-0.15, -0.1) is 0 Å². The van der Waals surface area contributed by atoms with Crippen molar-refractivity contribution in [2.24, 2.45) is 0 Å². The molecule has 8 heteroatoms. The summed E-state index contributed by atoms with van der Waals surface area (Å²) in [4.78, 5) is 26.6. The lowest BCUT2D eigenvalue weighted by molar-refractivity contribution is -0.116. The number of amides is 1. The minimum atomic E-state index is -1.11. The molecule has 19 heavy (non-hydrogen) atoms. The standard InChI is InChI=1S/C11H9BrN4O3/c12-8-3-1-2-7(11(18)19)10(8)15-9(17)4-16-6-13-5-14-16/h1-3,5-6H,4H2,(H,15,17)(H,18,19). The Bertz CT molecular complexity index is 612. The van der Waals surface area contributed by atoms with Gasteiger partial charge in [0.15, 0.2) is 0 Å². The van der Waals surface area contributed by atoms with E-state index in [9.17, 15) is 9.59 Å². The molecule has 0 unspecified atom stereocenters. The van der Waals surface area contributed by atoms with E-state index in [4.69, 9.17) is 5.11 Å². The van der Waals surface area contributed by atoms with Gasteiger partial charge in [-0.3, -0.25) is 4.79 Å². The molecular weight excluding hydrogens is 316 g/mol. The van der Waals surface area contributed by atoms with Gasteiger partial charge in [0.05, 0.1) is 11.3 Å². The van der Waals surface area contributed by atoms with Crippen LogP contribution in [0, 0.1) is 0 Å². The van der Waals surface area contributed by atoms with Gasteiger partial charge in [-0.2, -0.15) is 5.10 Å². The van der Waals surface area contributed by atoms with Crippen LogP contribution in [0.4, 0.5) is 5.69 Å². The molecule has 0 radical (unpaired) electrons. The van der Waals surface area contributed by atoms with Crippen LogP contribution in [0.5, 0.6) is 0 Å². The number of hydrogen-bond donors (Lipinski definition) is 2. The smallest absolute Gasteiger partial charge is 0.337 e. The number of anilines is 1. The number of nitrogens with one attached hydrogen (secondary N) is 1. The number of carboxylic acids is 1. The summed E-state index contributed by atoms with van der Waals surface area (Å²) in [6.07, 6.45) is 2.71. The Balaban J connectivity index is 2.19. The van der Waals surface area contributed by atoms with Crippen molar-refractivity contribution in [2.45, 2.75) is 6.54 Å². The number of hydrogen-bond acceptors (Lipinski definition) is 4. The van der Waals surface area contributed by atoms with Crippen molar-refractivity contribution >= 4 is 33.5 Å². The number of aromatic nitrogens is 3. The van der Waals surface area contributed by atoms with Gasteiger partial charge in [-0.05, 0) is 28.1 Å². The highest BCUT2D eigenvalue weighted by molar-refractivity contribution is 9.10. The zero-order chi connectivity index (χ0) is 13.8. The number of carbonyl (C=O) groups is 2. The first-order valence-electron chi connectivity index (χ1n) is 5.22. The summed E-state index contributed by atoms with van der Waals surface area (Å²) in [6, 6.07) is 4.65. The van der Waals surface area contributed by atoms with Crippen molar-refractivity contribution in [3.8, 4) is 0 Å². The van der Waals surface area contributed by atoms with Crippen LogP contribution in [-0.2, 0) is 11.3 Å². The van der Waals surface area contributed by atoms with Crippen LogP contribution < -0.4 is 5.32 Å². The Morgan fingerprint density at radius 2 is 2.21 bits per heavy atom. The third-order valence-electron chi connectivity index (χ3n) is 2.28. The van der Waals surface area contributed by atoms with Crippen molar-refractivity contribution in [2.75, 3.05) is 5.32 Å². The summed E-state index contributed by atoms with van der Waals surface area (Å²) in [5, 5.41) is 15.4. The number of aromatic carboxylic acids is 1. The molecule has 2 N–H and O–H groups in total. The number of carboxylic acid groups (broad SMARTS) is 1. The zero-order valence-electron chi connectivity index (χ0n) is 9.58. The zero-order valence-corrected chi connectivity index (χ0v) is 11.2. The lowest BCUT2D eigenvalue weighted by Crippen LogP contribution is -2.20. The molecule has 0 aliphatic rings. The molecule has 1 aromatic carbocycles. The maximum absolute atomic E-state index is 11.8. The van der Waals surface area contributed by atoms with E-state index in [0.29, 0.717) is 4.47 Å². The molecule has 0 aliphatic carbocycles. The fourth-order valence-corrected chi connectivity index (χ4v) is 1.94. The summed E-state index contributed by atoms with van der Waals surface area (Å²) in [5.41, 5.74) is 0.237. The second-order valence-corrected chi connectivity index (χ2v) is 4.46. The summed E-state index contributed by atoms with van der Waals surface area (Å²) < 4.78 is 1.84. The highest BCUT2D eigenvalue weighted by Gasteiger charge is 2.15. The van der Waals surface area contributed by atoms with Crippen molar-refractivity contribution in [1.82, 2.24) is 14.8 Å². The first kappa shape index (κ1) is 13.2. The molecule has 0 saturated carbocycles. The molecule has 2 aromatic rings. The van der Waals surface area contributed by atoms with Crippen LogP contribution in [0.1, 0.15) is 10.4 Å². The molecule has 1 aromatic heterocycles. The molecule has 0 atom stereocenters. The summed E-state index contributed by atoms with van der Waals surface area (Å²) in [5.74, 6) is -1.50. The van der Waals surface area contributed by atoms with Gasteiger partial charge in [0.25, 0.3) is 0 Å². The lowest BCUT2D eigenvalue weighted by Gasteiger charge is -2.10. The molecule has 0 aliphatic heterocycles. The van der Waals surface area contributed by atoms with Gasteiger partial charge < -0.3 is 10.4 Å². The minimum absolute atomic E-state index is 0.0151. The highest BCUT2D eigenvalue weighted by atomic mass is 79.9. The number of rotatable bonds is 4. The van der Waals surface area contributed by atoms with Crippen LogP contribution >= 0.6 is 15.9 Å². The summed E-state index contributed by atoms with van der Waals surface area (Å²) in [7, 11) is 0. The SMILES string of the molecule is O=C(Cn1cncn1)Nc1c(Br)cccc1C(=O)O. The summed E-state index contributed by atoms with van der Waals surface area (Å²) >= 11 is 3.21. The molecule has 2 rings (SSSR count). The van der Waals surface area contributed by atoms with E-state index in [1.807, 2.05) is 0 Å². The third kappa shape index (κ3) is 3.16. The van der Waals surface area contributed by atoms with Gasteiger partial charge in [0.1, 0.15) is 19.2 Å². The van der Waals surface area contributed by atoms with Crippen molar-refractivity contribution in [3.63, 3.8) is 0 Å². The molecule has 7 nitrogen and oxygen atoms in total. The molecule has 0 bridgehead atoms. The second-order valence-electron chi connectivity index (χ2n) is 3.61. The Morgan fingerprint density at radius 3 is 2.84 bits per heavy atom. The van der Waals surface area contributed by atoms with Crippen molar-refractivity contribution in [1.29, 1.82) is 0 Å². The topological polar surface area (TPSA) is 97.1 Å². The monoisotopic (exact) mass is 324 g/mol. The van der Waals surface area contributed by atoms with Crippen molar-refractivity contribution in [3.05, 3.63) is 40.9 Å². The van der Waals surface area contributed by atoms with E-state index in [1.165, 1.54) is 23.4 Å². The largest absolute Gasteiger partial charge is 0.478 e. The maximum atomic E-state index is 11.8. The highest BCUT2D eigenvalue weighted by Crippen LogP contribution is 2.26. The molecule has 98 valence electrons. The third-order valence-corrected chi connectivity index (χ3v) is 2.94. The molecule has 0 saturated heterocycles. The van der Waals surface area contributed by atoms with Gasteiger partial charge >= 0.3 is 5.97 Å². The van der Waals surface area contributed by atoms with Crippen LogP contribution in [0.2, 0.25) is 0 Å². The van der Waals surface area contributed by atoms with E-state index in [1.54, 1.807) is 12.1 Å². The van der Waals surface area contributed by atoms with E-state index in [2.05, 4.69) is 31.3 Å². The second kappa shape index (κ2) is 5.61. The Labute approximate surface area is 116 Å². The first-order chi connectivity index (χ1) is 9.08. The van der Waals surface area contributed by atoms with E-state index < -0.39 is 5.97 Å². The molecule has 1 heterocycles. The maximum Gasteiger partial charge on any atom is 0.337 e. The van der Waals surface area contributed by atoms with E-state index >= 15 is 0 Å². The first-order valence-corrected chi connectivity index (χ1v) is 6.01. The number of para-hydroxylation sites is 1. The quantitative estimate of drug-likeness (QED) is 0.885. The Kier molecular flexibility index (Phi) is 3.91. The Morgan fingerprint density at radius 1 is 1.42 bits per heavy atom. The van der Waals surface area contributed by atoms with Crippen LogP contribution in [0.25, 0.3) is 0 Å². The molecule has 0 spiro atoms. The predicted molar refractivity (Wildman–Crippen MR) is 69.8 cm³/mol. The normalized spacial score (nSPS) is 10.2. The van der Waals surface area contributed by atoms with Gasteiger partial charge in [-0.25, -0.2) is 14.5 Å². The van der Waals surface area contributed by atoms with Crippen LogP contribution in [0.15, 0.2) is 35.3 Å². The number of nitrogens with zero attached hydrogens (tertiary/aromatic N) is 3.